The van der Waals surface area contributed by atoms with E-state index in [-0.39, 0.29) is 12.5 Å². The molecule has 4 heteroatoms. The molecular formula is C18H16N2O2. The summed E-state index contributed by atoms with van der Waals surface area (Å²) in [6.07, 6.45) is 1.70. The van der Waals surface area contributed by atoms with Crippen LogP contribution in [0.25, 0.3) is 10.9 Å². The van der Waals surface area contributed by atoms with E-state index in [0.29, 0.717) is 5.75 Å². The third-order valence-electron chi connectivity index (χ3n) is 3.36. The van der Waals surface area contributed by atoms with Crippen molar-refractivity contribution in [1.82, 2.24) is 4.98 Å². The van der Waals surface area contributed by atoms with Gasteiger partial charge < -0.3 is 10.1 Å². The van der Waals surface area contributed by atoms with E-state index in [1.807, 2.05) is 55.5 Å². The van der Waals surface area contributed by atoms with Crippen LogP contribution >= 0.6 is 0 Å². The van der Waals surface area contributed by atoms with Gasteiger partial charge in [0.2, 0.25) is 0 Å². The molecule has 1 N–H and O–H groups in total. The van der Waals surface area contributed by atoms with Crippen molar-refractivity contribution in [2.75, 3.05) is 11.9 Å². The molecule has 0 aliphatic carbocycles. The number of anilines is 1. The normalized spacial score (nSPS) is 10.4. The molecule has 0 spiro atoms. The van der Waals surface area contributed by atoms with Crippen LogP contribution in [0, 0.1) is 6.92 Å². The Morgan fingerprint density at radius 3 is 2.73 bits per heavy atom. The van der Waals surface area contributed by atoms with E-state index in [2.05, 4.69) is 10.3 Å². The number of carbonyl (C=O) groups is 1. The Kier molecular flexibility index (Phi) is 4.01. The van der Waals surface area contributed by atoms with Crippen molar-refractivity contribution in [1.29, 1.82) is 0 Å². The minimum atomic E-state index is -0.196. The highest BCUT2D eigenvalue weighted by Gasteiger charge is 2.08. The molecule has 22 heavy (non-hydrogen) atoms. The monoisotopic (exact) mass is 292 g/mol. The number of amides is 1. The maximum Gasteiger partial charge on any atom is 0.262 e. The van der Waals surface area contributed by atoms with Crippen LogP contribution in [0.5, 0.6) is 5.75 Å². The number of ether oxygens (including phenoxy) is 1. The summed E-state index contributed by atoms with van der Waals surface area (Å²) >= 11 is 0. The quantitative estimate of drug-likeness (QED) is 0.800. The first-order chi connectivity index (χ1) is 10.7. The number of para-hydroxylation sites is 2. The fourth-order valence-electron chi connectivity index (χ4n) is 2.28. The minimum absolute atomic E-state index is 0.0281. The number of aromatic nitrogens is 1. The molecule has 3 aromatic rings. The first kappa shape index (κ1) is 14.1. The molecule has 0 radical (unpaired) electrons. The molecule has 0 atom stereocenters. The van der Waals surface area contributed by atoms with E-state index >= 15 is 0 Å². The summed E-state index contributed by atoms with van der Waals surface area (Å²) in [5.41, 5.74) is 2.72. The number of carbonyl (C=O) groups excluding carboxylic acids is 1. The number of aryl methyl sites for hydroxylation is 1. The van der Waals surface area contributed by atoms with E-state index in [9.17, 15) is 4.79 Å². The highest BCUT2D eigenvalue weighted by molar-refractivity contribution is 6.02. The van der Waals surface area contributed by atoms with Gasteiger partial charge in [0.25, 0.3) is 5.91 Å². The molecule has 0 saturated carbocycles. The molecule has 0 bridgehead atoms. The zero-order chi connectivity index (χ0) is 15.4. The second kappa shape index (κ2) is 6.26. The lowest BCUT2D eigenvalue weighted by atomic mass is 10.1. The molecule has 0 saturated heterocycles. The average Bonchev–Trinajstić information content (AvgIpc) is 2.55. The highest BCUT2D eigenvalue weighted by atomic mass is 16.5. The topological polar surface area (TPSA) is 51.2 Å². The third kappa shape index (κ3) is 3.06. The number of rotatable bonds is 4. The van der Waals surface area contributed by atoms with Crippen LogP contribution in [0.15, 0.2) is 60.8 Å². The van der Waals surface area contributed by atoms with E-state index in [4.69, 9.17) is 4.74 Å². The maximum absolute atomic E-state index is 12.1. The van der Waals surface area contributed by atoms with Crippen LogP contribution in [-0.2, 0) is 4.79 Å². The zero-order valence-corrected chi connectivity index (χ0v) is 12.2. The molecule has 1 aromatic heterocycles. The van der Waals surface area contributed by atoms with E-state index in [1.54, 1.807) is 12.3 Å². The number of nitrogens with zero attached hydrogens (tertiary/aromatic N) is 1. The van der Waals surface area contributed by atoms with Gasteiger partial charge in [-0.1, -0.05) is 36.4 Å². The summed E-state index contributed by atoms with van der Waals surface area (Å²) in [5.74, 6) is 0.478. The van der Waals surface area contributed by atoms with E-state index in [1.165, 1.54) is 0 Å². The molecule has 0 unspecified atom stereocenters. The van der Waals surface area contributed by atoms with Gasteiger partial charge in [-0.15, -0.1) is 0 Å². The van der Waals surface area contributed by atoms with Crippen molar-refractivity contribution in [3.05, 3.63) is 66.4 Å². The minimum Gasteiger partial charge on any atom is -0.484 e. The van der Waals surface area contributed by atoms with Gasteiger partial charge in [-0.25, -0.2) is 0 Å². The van der Waals surface area contributed by atoms with E-state index < -0.39 is 0 Å². The summed E-state index contributed by atoms with van der Waals surface area (Å²) in [6, 6.07) is 17.0. The Balaban J connectivity index is 1.73. The summed E-state index contributed by atoms with van der Waals surface area (Å²) in [7, 11) is 0. The number of pyridine rings is 1. The van der Waals surface area contributed by atoms with Gasteiger partial charge in [0.1, 0.15) is 5.75 Å². The van der Waals surface area contributed by atoms with Gasteiger partial charge in [0.15, 0.2) is 6.61 Å². The number of hydrogen-bond acceptors (Lipinski definition) is 3. The smallest absolute Gasteiger partial charge is 0.262 e. The maximum atomic E-state index is 12.1. The Morgan fingerprint density at radius 1 is 1.09 bits per heavy atom. The molecule has 1 heterocycles. The number of nitrogens with one attached hydrogen (secondary N) is 1. The molecule has 0 fully saturated rings. The molecule has 0 aliphatic heterocycles. The second-order valence-corrected chi connectivity index (χ2v) is 4.98. The van der Waals surface area contributed by atoms with Crippen molar-refractivity contribution >= 4 is 22.5 Å². The van der Waals surface area contributed by atoms with Crippen molar-refractivity contribution in [3.63, 3.8) is 0 Å². The molecule has 110 valence electrons. The van der Waals surface area contributed by atoms with E-state index in [0.717, 1.165) is 22.2 Å². The molecular weight excluding hydrogens is 276 g/mol. The second-order valence-electron chi connectivity index (χ2n) is 4.98. The fraction of sp³-hybridized carbons (Fsp3) is 0.111. The van der Waals surface area contributed by atoms with Gasteiger partial charge in [-0.2, -0.15) is 0 Å². The van der Waals surface area contributed by atoms with Crippen molar-refractivity contribution in [2.45, 2.75) is 6.92 Å². The van der Waals surface area contributed by atoms with Crippen molar-refractivity contribution in [3.8, 4) is 5.75 Å². The van der Waals surface area contributed by atoms with Gasteiger partial charge in [0, 0.05) is 11.6 Å². The first-order valence-corrected chi connectivity index (χ1v) is 7.06. The molecule has 4 nitrogen and oxygen atoms in total. The standard InChI is InChI=1S/C18H16N2O2/c1-13-6-5-9-15-16(10-11-19-18(13)15)20-17(21)12-22-14-7-3-2-4-8-14/h2-11H,12H2,1H3,(H,19,20,21). The Hall–Kier alpha value is -2.88. The highest BCUT2D eigenvalue weighted by Crippen LogP contribution is 2.23. The van der Waals surface area contributed by atoms with Crippen LogP contribution in [0.3, 0.4) is 0 Å². The Labute approximate surface area is 128 Å². The van der Waals surface area contributed by atoms with Gasteiger partial charge in [0.05, 0.1) is 11.2 Å². The largest absolute Gasteiger partial charge is 0.484 e. The van der Waals surface area contributed by atoms with Crippen LogP contribution in [-0.4, -0.2) is 17.5 Å². The summed E-state index contributed by atoms with van der Waals surface area (Å²) in [4.78, 5) is 16.4. The molecule has 0 aliphatic rings. The number of hydrogen-bond donors (Lipinski definition) is 1. The zero-order valence-electron chi connectivity index (χ0n) is 12.2. The van der Waals surface area contributed by atoms with Crippen LogP contribution in [0.1, 0.15) is 5.56 Å². The predicted octanol–water partition coefficient (Wildman–Crippen LogP) is 3.56. The molecule has 1 amide bonds. The number of benzene rings is 2. The fourth-order valence-corrected chi connectivity index (χ4v) is 2.28. The van der Waals surface area contributed by atoms with Crippen LogP contribution < -0.4 is 10.1 Å². The summed E-state index contributed by atoms with van der Waals surface area (Å²) in [5, 5.41) is 3.80. The predicted molar refractivity (Wildman–Crippen MR) is 87.0 cm³/mol. The SMILES string of the molecule is Cc1cccc2c(NC(=O)COc3ccccc3)ccnc12. The van der Waals surface area contributed by atoms with Crippen LogP contribution in [0.4, 0.5) is 5.69 Å². The Morgan fingerprint density at radius 2 is 1.91 bits per heavy atom. The first-order valence-electron chi connectivity index (χ1n) is 7.06. The van der Waals surface area contributed by atoms with Gasteiger partial charge >= 0.3 is 0 Å². The lowest BCUT2D eigenvalue weighted by molar-refractivity contribution is -0.118. The average molecular weight is 292 g/mol. The van der Waals surface area contributed by atoms with Crippen molar-refractivity contribution in [2.24, 2.45) is 0 Å². The third-order valence-corrected chi connectivity index (χ3v) is 3.36. The van der Waals surface area contributed by atoms with Gasteiger partial charge in [-0.3, -0.25) is 9.78 Å². The lowest BCUT2D eigenvalue weighted by Crippen LogP contribution is -2.20. The lowest BCUT2D eigenvalue weighted by Gasteiger charge is -2.10. The van der Waals surface area contributed by atoms with Crippen molar-refractivity contribution < 1.29 is 9.53 Å². The van der Waals surface area contributed by atoms with Gasteiger partial charge in [-0.05, 0) is 30.7 Å². The summed E-state index contributed by atoms with van der Waals surface area (Å²) < 4.78 is 5.45. The van der Waals surface area contributed by atoms with Crippen LogP contribution in [0.2, 0.25) is 0 Å². The number of fused-ring (bicyclic) bond motifs is 1. The summed E-state index contributed by atoms with van der Waals surface area (Å²) in [6.45, 7) is 1.97. The molecule has 2 aromatic carbocycles. The Bertz CT molecular complexity index is 801. The molecule has 3 rings (SSSR count).